The first kappa shape index (κ1) is 28.3. The quantitative estimate of drug-likeness (QED) is 0.184. The van der Waals surface area contributed by atoms with Crippen molar-refractivity contribution in [1.82, 2.24) is 0 Å². The van der Waals surface area contributed by atoms with E-state index in [0.29, 0.717) is 11.8 Å². The molecule has 0 heteroatoms. The highest BCUT2D eigenvalue weighted by atomic mass is 14.5. The van der Waals surface area contributed by atoms with Crippen molar-refractivity contribution in [3.63, 3.8) is 0 Å². The maximum Gasteiger partial charge on any atom is 0.0215 e. The Bertz CT molecular complexity index is 2010. The topological polar surface area (TPSA) is 0 Å². The van der Waals surface area contributed by atoms with Gasteiger partial charge in [0.1, 0.15) is 0 Å². The molecule has 0 saturated heterocycles. The Balaban J connectivity index is 0.987. The van der Waals surface area contributed by atoms with E-state index in [1.807, 2.05) is 0 Å². The Morgan fingerprint density at radius 2 is 0.792 bits per heavy atom. The molecule has 0 aliphatic heterocycles. The highest BCUT2D eigenvalue weighted by Crippen LogP contribution is 2.57. The van der Waals surface area contributed by atoms with Gasteiger partial charge in [-0.2, -0.15) is 0 Å². The monoisotopic (exact) mass is 618 g/mol. The molecule has 0 nitrogen and oxygen atoms in total. The predicted octanol–water partition coefficient (Wildman–Crippen LogP) is 12.0. The molecule has 48 heavy (non-hydrogen) atoms. The maximum atomic E-state index is 2.59. The van der Waals surface area contributed by atoms with Crippen LogP contribution in [-0.2, 0) is 31.1 Å². The molecule has 2 unspecified atom stereocenters. The van der Waals surface area contributed by atoms with E-state index in [9.17, 15) is 0 Å². The number of fused-ring (bicyclic) bond motifs is 7. The van der Waals surface area contributed by atoms with Crippen LogP contribution < -0.4 is 0 Å². The number of rotatable bonds is 4. The summed E-state index contributed by atoms with van der Waals surface area (Å²) in [6, 6.07) is 51.7. The van der Waals surface area contributed by atoms with Gasteiger partial charge in [0.05, 0.1) is 0 Å². The van der Waals surface area contributed by atoms with Crippen LogP contribution >= 0.6 is 0 Å². The van der Waals surface area contributed by atoms with E-state index >= 15 is 0 Å². The summed E-state index contributed by atoms with van der Waals surface area (Å²) < 4.78 is 0. The van der Waals surface area contributed by atoms with Crippen molar-refractivity contribution in [3.8, 4) is 33.4 Å². The lowest BCUT2D eigenvalue weighted by Crippen LogP contribution is -2.28. The molecule has 0 heterocycles. The molecule has 1 fully saturated rings. The minimum atomic E-state index is 0.124. The molecule has 6 aromatic carbocycles. The van der Waals surface area contributed by atoms with Gasteiger partial charge in [-0.25, -0.2) is 0 Å². The largest absolute Gasteiger partial charge is 0.0622 e. The molecular weight excluding hydrogens is 577 g/mol. The molecule has 0 aromatic heterocycles. The van der Waals surface area contributed by atoms with Crippen LogP contribution in [0.25, 0.3) is 33.4 Å². The first-order chi connectivity index (χ1) is 23.7. The van der Waals surface area contributed by atoms with Crippen molar-refractivity contribution in [3.05, 3.63) is 178 Å². The maximum absolute atomic E-state index is 2.59. The molecule has 1 spiro atoms. The molecule has 10 rings (SSSR count). The molecule has 0 bridgehead atoms. The zero-order valence-corrected chi connectivity index (χ0v) is 27.7. The van der Waals surface area contributed by atoms with Crippen LogP contribution in [-0.4, -0.2) is 0 Å². The van der Waals surface area contributed by atoms with E-state index in [2.05, 4.69) is 133 Å². The summed E-state index contributed by atoms with van der Waals surface area (Å²) >= 11 is 0. The molecule has 0 amide bonds. The smallest absolute Gasteiger partial charge is 0.0215 e. The summed E-state index contributed by atoms with van der Waals surface area (Å²) in [4.78, 5) is 0. The first-order valence-electron chi connectivity index (χ1n) is 18.4. The van der Waals surface area contributed by atoms with Gasteiger partial charge < -0.3 is 0 Å². The van der Waals surface area contributed by atoms with Gasteiger partial charge in [-0.1, -0.05) is 141 Å². The fraction of sp³-hybridized carbons (Fsp3) is 0.250. The van der Waals surface area contributed by atoms with Gasteiger partial charge in [0.2, 0.25) is 0 Å². The van der Waals surface area contributed by atoms with Crippen molar-refractivity contribution >= 4 is 0 Å². The minimum absolute atomic E-state index is 0.124. The van der Waals surface area contributed by atoms with Crippen molar-refractivity contribution in [2.75, 3.05) is 0 Å². The van der Waals surface area contributed by atoms with Gasteiger partial charge in [0.25, 0.3) is 0 Å². The van der Waals surface area contributed by atoms with Gasteiger partial charge in [0, 0.05) is 5.41 Å². The lowest BCUT2D eigenvalue weighted by atomic mass is 9.67. The van der Waals surface area contributed by atoms with Gasteiger partial charge >= 0.3 is 0 Å². The Hall–Kier alpha value is -4.68. The van der Waals surface area contributed by atoms with Gasteiger partial charge in [0.15, 0.2) is 0 Å². The zero-order chi connectivity index (χ0) is 31.7. The van der Waals surface area contributed by atoms with E-state index in [-0.39, 0.29) is 5.41 Å². The normalized spacial score (nSPS) is 19.9. The van der Waals surface area contributed by atoms with Crippen LogP contribution in [0.5, 0.6) is 0 Å². The summed E-state index contributed by atoms with van der Waals surface area (Å²) in [7, 11) is 0. The zero-order valence-electron chi connectivity index (χ0n) is 27.7. The second-order valence-corrected chi connectivity index (χ2v) is 15.2. The minimum Gasteiger partial charge on any atom is -0.0622 e. The van der Waals surface area contributed by atoms with Gasteiger partial charge in [-0.15, -0.1) is 0 Å². The first-order valence-corrected chi connectivity index (χ1v) is 18.4. The second-order valence-electron chi connectivity index (χ2n) is 15.2. The van der Waals surface area contributed by atoms with Gasteiger partial charge in [-0.3, -0.25) is 0 Å². The summed E-state index contributed by atoms with van der Waals surface area (Å²) in [5.41, 5.74) is 20.8. The molecule has 1 saturated carbocycles. The van der Waals surface area contributed by atoms with Crippen LogP contribution in [0, 0.1) is 0 Å². The number of benzene rings is 6. The van der Waals surface area contributed by atoms with E-state index in [1.54, 1.807) is 11.1 Å². The molecule has 4 aliphatic rings. The van der Waals surface area contributed by atoms with Crippen LogP contribution in [0.2, 0.25) is 0 Å². The number of hydrogen-bond acceptors (Lipinski definition) is 0. The SMILES string of the molecule is c1ccc(C2Cc3ccc(-c4ccc5c(c4)C4(CCCCC4)c4cc(-c6ccc7c(c6)CC(c6ccccc6)C7)ccc4-5)cc3C2)cc1. The van der Waals surface area contributed by atoms with E-state index < -0.39 is 0 Å². The Labute approximate surface area is 285 Å². The van der Waals surface area contributed by atoms with Crippen molar-refractivity contribution in [1.29, 1.82) is 0 Å². The predicted molar refractivity (Wildman–Crippen MR) is 200 cm³/mol. The summed E-state index contributed by atoms with van der Waals surface area (Å²) in [5, 5.41) is 0. The van der Waals surface area contributed by atoms with Crippen molar-refractivity contribution < 1.29 is 0 Å². The second kappa shape index (κ2) is 11.2. The molecule has 2 atom stereocenters. The molecule has 4 aliphatic carbocycles. The number of hydrogen-bond donors (Lipinski definition) is 0. The third-order valence-corrected chi connectivity index (χ3v) is 12.6. The summed E-state index contributed by atoms with van der Waals surface area (Å²) in [5.74, 6) is 1.20. The fourth-order valence-electron chi connectivity index (χ4n) is 10.1. The van der Waals surface area contributed by atoms with E-state index in [1.165, 1.54) is 98.9 Å². The Kier molecular flexibility index (Phi) is 6.61. The van der Waals surface area contributed by atoms with Crippen LogP contribution in [0.15, 0.2) is 133 Å². The van der Waals surface area contributed by atoms with Crippen LogP contribution in [0.3, 0.4) is 0 Å². The van der Waals surface area contributed by atoms with Crippen LogP contribution in [0.1, 0.15) is 88.4 Å². The highest BCUT2D eigenvalue weighted by Gasteiger charge is 2.44. The molecule has 0 N–H and O–H groups in total. The average Bonchev–Trinajstić information content (AvgIpc) is 3.85. The molecular formula is C48H42. The summed E-state index contributed by atoms with van der Waals surface area (Å²) in [6.07, 6.45) is 11.1. The lowest BCUT2D eigenvalue weighted by molar-refractivity contribution is 0.353. The van der Waals surface area contributed by atoms with Gasteiger partial charge in [-0.05, 0) is 140 Å². The van der Waals surface area contributed by atoms with Crippen molar-refractivity contribution in [2.45, 2.75) is 75.0 Å². The molecule has 6 aromatic rings. The van der Waals surface area contributed by atoms with Crippen molar-refractivity contribution in [2.24, 2.45) is 0 Å². The lowest BCUT2D eigenvalue weighted by Gasteiger charge is -2.36. The standard InChI is InChI=1S/C48H42/c1-4-10-32(11-5-1)40-26-36-16-14-34(24-42(36)28-40)38-18-20-44-45-21-19-39(31-47(45)48(46(44)30-38)22-8-3-9-23-48)35-15-17-37-27-41(29-43(37)25-35)33-12-6-2-7-13-33/h1-2,4-7,10-21,24-25,30-31,40-41H,3,8-9,22-23,26-29H2. The molecule has 0 radical (unpaired) electrons. The molecule has 234 valence electrons. The third kappa shape index (κ3) is 4.56. The van der Waals surface area contributed by atoms with Crippen LogP contribution in [0.4, 0.5) is 0 Å². The average molecular weight is 619 g/mol. The van der Waals surface area contributed by atoms with E-state index in [4.69, 9.17) is 0 Å². The summed E-state index contributed by atoms with van der Waals surface area (Å²) in [6.45, 7) is 0. The fourth-order valence-corrected chi connectivity index (χ4v) is 10.1. The van der Waals surface area contributed by atoms with E-state index in [0.717, 1.165) is 25.7 Å². The third-order valence-electron chi connectivity index (χ3n) is 12.6. The Morgan fingerprint density at radius 1 is 0.375 bits per heavy atom. The Morgan fingerprint density at radius 3 is 1.27 bits per heavy atom. The highest BCUT2D eigenvalue weighted by molar-refractivity contribution is 5.86.